The van der Waals surface area contributed by atoms with Crippen molar-refractivity contribution in [2.75, 3.05) is 0 Å². The Labute approximate surface area is 832 Å². The number of hydrogen-bond acceptors (Lipinski definition) is 0. The fraction of sp³-hybridized carbons (Fsp3) is 0.292. The first-order valence-electron chi connectivity index (χ1n) is 52.3. The largest absolute Gasteiger partial charge is 0.309 e. The van der Waals surface area contributed by atoms with Gasteiger partial charge in [0, 0.05) is 107 Å². The Morgan fingerprint density at radius 3 is 0.806 bits per heavy atom. The van der Waals surface area contributed by atoms with Crippen LogP contribution in [0.25, 0.3) is 160 Å². The lowest BCUT2D eigenvalue weighted by Crippen LogP contribution is -2.34. The van der Waals surface area contributed by atoms with Gasteiger partial charge in [0.25, 0.3) is 23.3 Å². The second-order valence-corrected chi connectivity index (χ2v) is 44.1. The molecule has 0 aliphatic heterocycles. The summed E-state index contributed by atoms with van der Waals surface area (Å²) in [4.78, 5) is 0. The van der Waals surface area contributed by atoms with Gasteiger partial charge in [0.1, 0.15) is 44.1 Å². The Morgan fingerprint density at radius 1 is 0.259 bits per heavy atom. The maximum Gasteiger partial charge on any atom is 0.288 e. The van der Waals surface area contributed by atoms with E-state index in [9.17, 15) is 0 Å². The van der Waals surface area contributed by atoms with Gasteiger partial charge in [0.15, 0.2) is 0 Å². The maximum atomic E-state index is 8.95. The van der Waals surface area contributed by atoms with E-state index >= 15 is 0 Å². The molecule has 704 valence electrons. The Balaban J connectivity index is 0.000000127. The first-order valence-corrected chi connectivity index (χ1v) is 49.8. The quantitative estimate of drug-likeness (QED) is 0.116. The first-order chi connectivity index (χ1) is 67.9. The number of para-hydroxylation sites is 6. The van der Waals surface area contributed by atoms with E-state index in [-0.39, 0.29) is 21.7 Å². The topological polar surface area (TPSA) is 40.2 Å². The molecule has 0 unspecified atom stereocenters. The summed E-state index contributed by atoms with van der Waals surface area (Å²) in [6.45, 7) is 53.1. The molecule has 12 aromatic carbocycles. The lowest BCUT2D eigenvalue weighted by atomic mass is 9.83. The van der Waals surface area contributed by atoms with Gasteiger partial charge in [0.05, 0.1) is 75.8 Å². The van der Waals surface area contributed by atoms with Crippen LogP contribution in [-0.2, 0) is 49.9 Å². The van der Waals surface area contributed by atoms with E-state index in [0.29, 0.717) is 17.4 Å². The van der Waals surface area contributed by atoms with Crippen molar-refractivity contribution in [1.82, 2.24) is 22.8 Å². The summed E-state index contributed by atoms with van der Waals surface area (Å²) in [5.41, 5.74) is 34.9. The zero-order chi connectivity index (χ0) is 103. The molecule has 0 fully saturated rings. The summed E-state index contributed by atoms with van der Waals surface area (Å²) in [7, 11) is 8.33. The van der Waals surface area contributed by atoms with Gasteiger partial charge < -0.3 is 4.57 Å². The van der Waals surface area contributed by atoms with Crippen molar-refractivity contribution < 1.29 is 25.1 Å². The van der Waals surface area contributed by atoms with Gasteiger partial charge in [-0.15, -0.1) is 0 Å². The summed E-state index contributed by atoms with van der Waals surface area (Å²) in [6.07, 6.45) is 8.29. The Morgan fingerprint density at radius 2 is 0.518 bits per heavy atom. The van der Waals surface area contributed by atoms with Crippen molar-refractivity contribution >= 4 is 109 Å². The van der Waals surface area contributed by atoms with Crippen molar-refractivity contribution in [2.24, 2.45) is 28.2 Å². The van der Waals surface area contributed by atoms with Crippen LogP contribution >= 0.6 is 0 Å². The third kappa shape index (κ3) is 16.9. The molecule has 0 bridgehead atoms. The summed E-state index contributed by atoms with van der Waals surface area (Å²) in [6, 6.07) is 99.0. The van der Waals surface area contributed by atoms with E-state index in [1.54, 1.807) is 6.20 Å². The molecule has 9 aromatic heterocycles. The molecule has 9 heterocycles. The molecule has 9 heteroatoms. The average molecular weight is 1840 g/mol. The molecule has 0 aliphatic carbocycles. The number of rotatable bonds is 11. The Kier molecular flexibility index (Phi) is 23.4. The SMILES string of the molecule is Cc1c(C(C)(C)C)ccc2c3ccccc3n(-c3cc(-c4c(C(C)C)cccc4C(C)C)cc[n+]3C)c12.Cc1c(C(C)(C)C)ccc2c3ccccc3n(-c3cc(-n4c5ccccc5c5ccccc54)cc[n+]3C)c12.[2H]C(C)(C)c1cccc(C([2H])(C)C)c1-c1cc[n+](C)c(-n2c3ccccc3c3ccc(C(C)(C)C)c(C)c32)c1.[2H]C([2H])([2H])c1c[n+](C)c(-n2c3ccccc3c3ccc(C(C)(C)C)c(C)c32)cc1C. The van der Waals surface area contributed by atoms with Crippen LogP contribution < -0.4 is 18.3 Å². The normalized spacial score (nSPS) is 13.1. The smallest absolute Gasteiger partial charge is 0.288 e. The van der Waals surface area contributed by atoms with Gasteiger partial charge in [-0.25, -0.2) is 18.3 Å². The summed E-state index contributed by atoms with van der Waals surface area (Å²) in [5, 5.41) is 12.7. The second-order valence-electron chi connectivity index (χ2n) is 44.1. The van der Waals surface area contributed by atoms with Crippen molar-refractivity contribution in [2.45, 2.75) is 225 Å². The molecule has 0 amide bonds. The fourth-order valence-electron chi connectivity index (χ4n) is 22.6. The third-order valence-electron chi connectivity index (χ3n) is 29.2. The number of aryl methyl sites for hydroxylation is 10. The predicted octanol–water partition coefficient (Wildman–Crippen LogP) is 32.4. The number of nitrogens with zero attached hydrogens (tertiary/aromatic N) is 9. The van der Waals surface area contributed by atoms with Gasteiger partial charge in [-0.3, -0.25) is 0 Å². The summed E-state index contributed by atoms with van der Waals surface area (Å²) < 4.78 is 62.2. The van der Waals surface area contributed by atoms with E-state index in [2.05, 4.69) is 463 Å². The Bertz CT molecular complexity index is 8550. The highest BCUT2D eigenvalue weighted by Crippen LogP contribution is 2.47. The van der Waals surface area contributed by atoms with E-state index < -0.39 is 18.6 Å². The predicted molar refractivity (Wildman–Crippen MR) is 593 cm³/mol. The molecule has 0 saturated carbocycles. The second kappa shape index (κ2) is 36.5. The first kappa shape index (κ1) is 89.2. The minimum atomic E-state index is -2.13. The molecule has 0 N–H and O–H groups in total. The zero-order valence-corrected chi connectivity index (χ0v) is 87.5. The number of aromatic nitrogens is 9. The van der Waals surface area contributed by atoms with Crippen LogP contribution in [0, 0.1) is 41.5 Å². The minimum Gasteiger partial charge on any atom is -0.309 e. The van der Waals surface area contributed by atoms with E-state index in [4.69, 9.17) is 6.85 Å². The molecule has 9 nitrogen and oxygen atoms in total. The van der Waals surface area contributed by atoms with E-state index in [0.717, 1.165) is 56.5 Å². The van der Waals surface area contributed by atoms with Crippen molar-refractivity contribution in [3.63, 3.8) is 0 Å². The standard InChI is InChI=1S/C35H32N3.2C35H41N2.C25H29N2/c1-23-29(35(2,3)4)19-18-28-27-14-8-11-17-32(27)38(34(23)28)33-22-24(20-21-36(33)5)37-30-15-9-6-12-25(30)26-13-7-10-16-31(26)37;2*1-22(2)26-14-12-15-27(23(3)4)33(26)25-19-20-36(9)32(21-25)37-31-16-11-10-13-28(31)29-17-18-30(35(6,7)8)24(5)34(29)37;1-16-14-23(26(7)15-17(16)2)27-22-11-9-8-10-19(22)20-12-13-21(25(4,5)6)18(3)24(20)27/h6-22H,1-5H3;2*10-23H,1-9H3;8-15H,1-7H3/q4*+1/i;22D,23D;;2D3. The van der Waals surface area contributed by atoms with Crippen LogP contribution in [0.1, 0.15) is 247 Å². The van der Waals surface area contributed by atoms with Crippen LogP contribution in [0.2, 0.25) is 0 Å². The van der Waals surface area contributed by atoms with Crippen molar-refractivity contribution in [1.29, 1.82) is 0 Å². The van der Waals surface area contributed by atoms with E-state index in [1.807, 2.05) is 70.5 Å². The molecular weight excluding hydrogens is 1690 g/mol. The number of benzene rings is 12. The molecule has 0 radical (unpaired) electrons. The molecule has 21 rings (SSSR count). The average Bonchev–Trinajstić information content (AvgIpc) is 1.58. The monoisotopic (exact) mass is 1840 g/mol. The van der Waals surface area contributed by atoms with Gasteiger partial charge in [-0.05, 0) is 262 Å². The summed E-state index contributed by atoms with van der Waals surface area (Å²) in [5.74, 6) is 3.64. The minimum absolute atomic E-state index is 0.0247. The van der Waals surface area contributed by atoms with Gasteiger partial charge in [-0.1, -0.05) is 284 Å². The lowest BCUT2D eigenvalue weighted by molar-refractivity contribution is -0.665. The fourth-order valence-corrected chi connectivity index (χ4v) is 22.6. The number of hydrogen-bond donors (Lipinski definition) is 0. The highest BCUT2D eigenvalue weighted by molar-refractivity contribution is 6.15. The van der Waals surface area contributed by atoms with Crippen LogP contribution in [0.5, 0.6) is 0 Å². The number of fused-ring (bicyclic) bond motifs is 15. The molecule has 139 heavy (non-hydrogen) atoms. The molecule has 0 saturated heterocycles. The van der Waals surface area contributed by atoms with Crippen LogP contribution in [0.4, 0.5) is 0 Å². The van der Waals surface area contributed by atoms with Crippen LogP contribution in [0.3, 0.4) is 0 Å². The van der Waals surface area contributed by atoms with Crippen molar-refractivity contribution in [3.8, 4) is 51.2 Å². The van der Waals surface area contributed by atoms with Gasteiger partial charge in [-0.2, -0.15) is 18.3 Å². The molecule has 21 aromatic rings. The highest BCUT2D eigenvalue weighted by atomic mass is 15.2. The van der Waals surface area contributed by atoms with Gasteiger partial charge >= 0.3 is 0 Å². The Hall–Kier alpha value is -13.8. The lowest BCUT2D eigenvalue weighted by Gasteiger charge is -2.22. The molecule has 0 spiro atoms. The van der Waals surface area contributed by atoms with Crippen molar-refractivity contribution in [3.05, 3.63) is 376 Å². The van der Waals surface area contributed by atoms with Crippen LogP contribution in [0.15, 0.2) is 298 Å². The molecule has 0 atom stereocenters. The van der Waals surface area contributed by atoms with Crippen LogP contribution in [-0.4, -0.2) is 22.8 Å². The highest BCUT2D eigenvalue weighted by Gasteiger charge is 2.35. The number of pyridine rings is 4. The van der Waals surface area contributed by atoms with Gasteiger partial charge in [0.2, 0.25) is 0 Å². The zero-order valence-electron chi connectivity index (χ0n) is 92.5. The molecular formula is C130H143N9+4. The maximum absolute atomic E-state index is 8.95. The molecule has 0 aliphatic rings. The third-order valence-corrected chi connectivity index (χ3v) is 29.2. The van der Waals surface area contributed by atoms with E-state index in [1.165, 1.54) is 176 Å². The summed E-state index contributed by atoms with van der Waals surface area (Å²) >= 11 is 0.